The molecule has 1 N–H and O–H groups in total. The van der Waals surface area contributed by atoms with Crippen molar-refractivity contribution in [3.63, 3.8) is 0 Å². The molecule has 2 rings (SSSR count). The van der Waals surface area contributed by atoms with Gasteiger partial charge in [0.25, 0.3) is 5.91 Å². The maximum absolute atomic E-state index is 11.7. The van der Waals surface area contributed by atoms with Crippen molar-refractivity contribution in [1.82, 2.24) is 10.3 Å². The van der Waals surface area contributed by atoms with Crippen LogP contribution in [-0.4, -0.2) is 24.0 Å². The average Bonchev–Trinajstić information content (AvgIpc) is 2.54. The molecule has 0 fully saturated rings. The molecule has 0 unspecified atom stereocenters. The van der Waals surface area contributed by atoms with Gasteiger partial charge in [-0.25, -0.2) is 0 Å². The third-order valence-corrected chi connectivity index (χ3v) is 2.82. The molecule has 2 aromatic rings. The summed E-state index contributed by atoms with van der Waals surface area (Å²) >= 11 is 0. The molecule has 0 saturated carbocycles. The molecule has 0 aliphatic rings. The fourth-order valence-corrected chi connectivity index (χ4v) is 1.77. The maximum atomic E-state index is 11.7. The van der Waals surface area contributed by atoms with E-state index in [4.69, 9.17) is 10.00 Å². The lowest BCUT2D eigenvalue weighted by molar-refractivity contribution is -0.123. The van der Waals surface area contributed by atoms with Crippen LogP contribution in [0.3, 0.4) is 0 Å². The van der Waals surface area contributed by atoms with Gasteiger partial charge in [-0.2, -0.15) is 5.26 Å². The normalized spacial score (nSPS) is 9.67. The molecule has 0 aliphatic heterocycles. The quantitative estimate of drug-likeness (QED) is 0.874. The monoisotopic (exact) mass is 281 g/mol. The first kappa shape index (κ1) is 14.5. The average molecular weight is 281 g/mol. The topological polar surface area (TPSA) is 75.0 Å². The van der Waals surface area contributed by atoms with E-state index in [0.29, 0.717) is 24.3 Å². The lowest BCUT2D eigenvalue weighted by Crippen LogP contribution is -2.30. The van der Waals surface area contributed by atoms with Gasteiger partial charge in [0.05, 0.1) is 5.56 Å². The van der Waals surface area contributed by atoms with Gasteiger partial charge < -0.3 is 10.1 Å². The lowest BCUT2D eigenvalue weighted by Gasteiger charge is -2.08. The number of pyridine rings is 1. The highest BCUT2D eigenvalue weighted by molar-refractivity contribution is 5.77. The zero-order valence-corrected chi connectivity index (χ0v) is 11.5. The Balaban J connectivity index is 1.74. The molecule has 0 aliphatic carbocycles. The fourth-order valence-electron chi connectivity index (χ4n) is 1.77. The number of hydrogen-bond acceptors (Lipinski definition) is 4. The molecule has 0 atom stereocenters. The summed E-state index contributed by atoms with van der Waals surface area (Å²) in [5.41, 5.74) is 1.48. The third-order valence-electron chi connectivity index (χ3n) is 2.82. The van der Waals surface area contributed by atoms with Gasteiger partial charge in [0.15, 0.2) is 6.61 Å². The number of nitrogens with zero attached hydrogens (tertiary/aromatic N) is 2. The Morgan fingerprint density at radius 3 is 2.90 bits per heavy atom. The third kappa shape index (κ3) is 4.62. The van der Waals surface area contributed by atoms with Gasteiger partial charge in [0.1, 0.15) is 11.8 Å². The van der Waals surface area contributed by atoms with Crippen LogP contribution in [0.1, 0.15) is 11.1 Å². The van der Waals surface area contributed by atoms with E-state index in [1.54, 1.807) is 36.7 Å². The molecule has 0 saturated heterocycles. The Bertz CT molecular complexity index is 635. The SMILES string of the molecule is N#Cc1ccccc1OCC(=O)NCCc1cccnc1. The second-order valence-corrected chi connectivity index (χ2v) is 4.36. The minimum Gasteiger partial charge on any atom is -0.482 e. The van der Waals surface area contributed by atoms with E-state index in [-0.39, 0.29) is 12.5 Å². The second-order valence-electron chi connectivity index (χ2n) is 4.36. The highest BCUT2D eigenvalue weighted by Crippen LogP contribution is 2.16. The summed E-state index contributed by atoms with van der Waals surface area (Å²) in [7, 11) is 0. The number of carbonyl (C=O) groups excluding carboxylic acids is 1. The van der Waals surface area contributed by atoms with Crippen LogP contribution >= 0.6 is 0 Å². The first-order chi connectivity index (χ1) is 10.3. The van der Waals surface area contributed by atoms with Crippen molar-refractivity contribution < 1.29 is 9.53 Å². The van der Waals surface area contributed by atoms with Gasteiger partial charge in [0.2, 0.25) is 0 Å². The van der Waals surface area contributed by atoms with Gasteiger partial charge in [-0.05, 0) is 30.2 Å². The molecule has 106 valence electrons. The summed E-state index contributed by atoms with van der Waals surface area (Å²) in [5.74, 6) is 0.203. The maximum Gasteiger partial charge on any atom is 0.257 e. The number of ether oxygens (including phenoxy) is 1. The first-order valence-electron chi connectivity index (χ1n) is 6.57. The Morgan fingerprint density at radius 1 is 1.29 bits per heavy atom. The van der Waals surface area contributed by atoms with Gasteiger partial charge in [-0.3, -0.25) is 9.78 Å². The Morgan fingerprint density at radius 2 is 2.14 bits per heavy atom. The van der Waals surface area contributed by atoms with Crippen LogP contribution in [0, 0.1) is 11.3 Å². The number of hydrogen-bond donors (Lipinski definition) is 1. The molecule has 0 radical (unpaired) electrons. The summed E-state index contributed by atoms with van der Waals surface area (Å²) in [5, 5.41) is 11.7. The lowest BCUT2D eigenvalue weighted by atomic mass is 10.2. The largest absolute Gasteiger partial charge is 0.482 e. The van der Waals surface area contributed by atoms with Crippen molar-refractivity contribution in [3.8, 4) is 11.8 Å². The van der Waals surface area contributed by atoms with Crippen LogP contribution in [0.5, 0.6) is 5.75 Å². The summed E-state index contributed by atoms with van der Waals surface area (Å²) in [6.07, 6.45) is 4.20. The molecule has 0 bridgehead atoms. The molecule has 5 nitrogen and oxygen atoms in total. The molecule has 1 heterocycles. The number of benzene rings is 1. The van der Waals surface area contributed by atoms with Crippen molar-refractivity contribution >= 4 is 5.91 Å². The molecule has 1 aromatic carbocycles. The Kier molecular flexibility index (Phi) is 5.30. The van der Waals surface area contributed by atoms with E-state index in [1.807, 2.05) is 18.2 Å². The van der Waals surface area contributed by atoms with Crippen molar-refractivity contribution in [3.05, 3.63) is 59.9 Å². The number of nitrogens with one attached hydrogen (secondary N) is 1. The molecule has 21 heavy (non-hydrogen) atoms. The summed E-state index contributed by atoms with van der Waals surface area (Å²) < 4.78 is 5.35. The van der Waals surface area contributed by atoms with E-state index in [2.05, 4.69) is 10.3 Å². The number of carbonyl (C=O) groups is 1. The van der Waals surface area contributed by atoms with Gasteiger partial charge >= 0.3 is 0 Å². The molecule has 1 amide bonds. The second kappa shape index (κ2) is 7.65. The van der Waals surface area contributed by atoms with Gasteiger partial charge in [0, 0.05) is 18.9 Å². The van der Waals surface area contributed by atoms with E-state index in [1.165, 1.54) is 0 Å². The molecule has 0 spiro atoms. The van der Waals surface area contributed by atoms with Crippen LogP contribution in [0.15, 0.2) is 48.8 Å². The van der Waals surface area contributed by atoms with Crippen molar-refractivity contribution in [1.29, 1.82) is 5.26 Å². The van der Waals surface area contributed by atoms with Crippen LogP contribution in [0.25, 0.3) is 0 Å². The Hall–Kier alpha value is -2.87. The molecular formula is C16H15N3O2. The number of para-hydroxylation sites is 1. The summed E-state index contributed by atoms with van der Waals surface area (Å²) in [4.78, 5) is 15.7. The highest BCUT2D eigenvalue weighted by Gasteiger charge is 2.05. The van der Waals surface area contributed by atoms with Gasteiger partial charge in [-0.15, -0.1) is 0 Å². The smallest absolute Gasteiger partial charge is 0.257 e. The fraction of sp³-hybridized carbons (Fsp3) is 0.188. The minimum atomic E-state index is -0.216. The van der Waals surface area contributed by atoms with Crippen LogP contribution in [0.2, 0.25) is 0 Å². The van der Waals surface area contributed by atoms with Crippen LogP contribution in [0.4, 0.5) is 0 Å². The van der Waals surface area contributed by atoms with E-state index >= 15 is 0 Å². The zero-order chi connectivity index (χ0) is 14.9. The predicted octanol–water partition coefficient (Wildman–Crippen LogP) is 1.69. The minimum absolute atomic E-state index is 0.105. The molecular weight excluding hydrogens is 266 g/mol. The van der Waals surface area contributed by atoms with E-state index in [9.17, 15) is 4.79 Å². The molecule has 1 aromatic heterocycles. The standard InChI is InChI=1S/C16H15N3O2/c17-10-14-5-1-2-6-15(14)21-12-16(20)19-9-7-13-4-3-8-18-11-13/h1-6,8,11H,7,9,12H2,(H,19,20). The number of nitriles is 1. The zero-order valence-electron chi connectivity index (χ0n) is 11.5. The number of rotatable bonds is 6. The van der Waals surface area contributed by atoms with Crippen molar-refractivity contribution in [2.24, 2.45) is 0 Å². The van der Waals surface area contributed by atoms with Crippen molar-refractivity contribution in [2.75, 3.05) is 13.2 Å². The number of aromatic nitrogens is 1. The summed E-state index contributed by atoms with van der Waals surface area (Å²) in [6, 6.07) is 12.7. The van der Waals surface area contributed by atoms with E-state index < -0.39 is 0 Å². The Labute approximate surface area is 123 Å². The van der Waals surface area contributed by atoms with E-state index in [0.717, 1.165) is 5.56 Å². The predicted molar refractivity (Wildman–Crippen MR) is 77.6 cm³/mol. The summed E-state index contributed by atoms with van der Waals surface area (Å²) in [6.45, 7) is 0.416. The van der Waals surface area contributed by atoms with Crippen LogP contribution < -0.4 is 10.1 Å². The highest BCUT2D eigenvalue weighted by atomic mass is 16.5. The molecule has 5 heteroatoms. The van der Waals surface area contributed by atoms with Gasteiger partial charge in [-0.1, -0.05) is 18.2 Å². The van der Waals surface area contributed by atoms with Crippen molar-refractivity contribution in [2.45, 2.75) is 6.42 Å². The van der Waals surface area contributed by atoms with Crippen LogP contribution in [-0.2, 0) is 11.2 Å². The number of amides is 1. The first-order valence-corrected chi connectivity index (χ1v) is 6.57.